The normalized spacial score (nSPS) is 10.9. The molecule has 8 heteroatoms. The quantitative estimate of drug-likeness (QED) is 0.402. The lowest BCUT2D eigenvalue weighted by molar-refractivity contribution is -0.118. The van der Waals surface area contributed by atoms with Gasteiger partial charge in [0.25, 0.3) is 0 Å². The number of amides is 1. The molecule has 0 atom stereocenters. The van der Waals surface area contributed by atoms with Crippen LogP contribution in [-0.4, -0.2) is 26.2 Å². The lowest BCUT2D eigenvalue weighted by atomic mass is 10.2. The number of fused-ring (bicyclic) bond motifs is 1. The van der Waals surface area contributed by atoms with Gasteiger partial charge in [-0.1, -0.05) is 23.9 Å². The maximum absolute atomic E-state index is 13.0. The summed E-state index contributed by atoms with van der Waals surface area (Å²) in [6.45, 7) is 3.21. The first-order valence-corrected chi connectivity index (χ1v) is 10.8. The molecule has 0 aliphatic rings. The first-order valence-electron chi connectivity index (χ1n) is 9.85. The van der Waals surface area contributed by atoms with E-state index in [1.807, 2.05) is 24.3 Å². The van der Waals surface area contributed by atoms with Crippen LogP contribution in [0.4, 0.5) is 4.39 Å². The number of carbonyl (C=O) groups excluding carboxylic acids is 1. The van der Waals surface area contributed by atoms with E-state index in [-0.39, 0.29) is 17.5 Å². The number of thioether (sulfide) groups is 1. The fraction of sp³-hybridized carbons (Fsp3) is 0.174. The van der Waals surface area contributed by atoms with Crippen molar-refractivity contribution in [3.8, 4) is 11.6 Å². The van der Waals surface area contributed by atoms with Crippen LogP contribution in [0.3, 0.4) is 0 Å². The van der Waals surface area contributed by atoms with Gasteiger partial charge in [0.15, 0.2) is 5.16 Å². The van der Waals surface area contributed by atoms with Gasteiger partial charge in [0, 0.05) is 25.4 Å². The topological polar surface area (TPSA) is 69.0 Å². The largest absolute Gasteiger partial charge is 0.439 e. The van der Waals surface area contributed by atoms with E-state index in [0.29, 0.717) is 18.2 Å². The molecule has 0 fully saturated rings. The van der Waals surface area contributed by atoms with E-state index >= 15 is 0 Å². The summed E-state index contributed by atoms with van der Waals surface area (Å²) in [7, 11) is 0. The van der Waals surface area contributed by atoms with Gasteiger partial charge in [-0.3, -0.25) is 4.79 Å². The van der Waals surface area contributed by atoms with Gasteiger partial charge in [0.2, 0.25) is 11.8 Å². The molecule has 2 heterocycles. The van der Waals surface area contributed by atoms with Crippen molar-refractivity contribution in [1.29, 1.82) is 0 Å². The third-order valence-electron chi connectivity index (χ3n) is 4.59. The van der Waals surface area contributed by atoms with Gasteiger partial charge in [-0.05, 0) is 55.0 Å². The van der Waals surface area contributed by atoms with E-state index in [1.54, 1.807) is 18.3 Å². The summed E-state index contributed by atoms with van der Waals surface area (Å²) in [6, 6.07) is 17.2. The van der Waals surface area contributed by atoms with Crippen LogP contribution in [0.15, 0.2) is 72.0 Å². The van der Waals surface area contributed by atoms with Gasteiger partial charge in [-0.2, -0.15) is 0 Å². The highest BCUT2D eigenvalue weighted by Gasteiger charge is 2.12. The molecule has 2 aromatic carbocycles. The van der Waals surface area contributed by atoms with E-state index in [4.69, 9.17) is 4.74 Å². The third-order valence-corrected chi connectivity index (χ3v) is 5.57. The molecule has 0 saturated heterocycles. The molecule has 0 aliphatic heterocycles. The highest BCUT2D eigenvalue weighted by molar-refractivity contribution is 7.99. The highest BCUT2D eigenvalue weighted by atomic mass is 32.2. The predicted octanol–water partition coefficient (Wildman–Crippen LogP) is 4.79. The lowest BCUT2D eigenvalue weighted by Crippen LogP contribution is -2.24. The van der Waals surface area contributed by atoms with Gasteiger partial charge in [-0.25, -0.2) is 14.4 Å². The molecular weight excluding hydrogens is 415 g/mol. The fourth-order valence-electron chi connectivity index (χ4n) is 3.09. The molecule has 158 valence electrons. The van der Waals surface area contributed by atoms with Gasteiger partial charge in [0.05, 0.1) is 16.8 Å². The van der Waals surface area contributed by atoms with E-state index in [1.165, 1.54) is 36.0 Å². The molecule has 0 unspecified atom stereocenters. The Morgan fingerprint density at radius 1 is 1.16 bits per heavy atom. The van der Waals surface area contributed by atoms with Crippen LogP contribution in [0.5, 0.6) is 11.6 Å². The first-order chi connectivity index (χ1) is 15.1. The van der Waals surface area contributed by atoms with Crippen LogP contribution in [-0.2, 0) is 17.9 Å². The highest BCUT2D eigenvalue weighted by Crippen LogP contribution is 2.24. The summed E-state index contributed by atoms with van der Waals surface area (Å²) in [5, 5.41) is 3.74. The Bertz CT molecular complexity index is 1190. The number of para-hydroxylation sites is 2. The molecule has 0 bridgehead atoms. The number of imidazole rings is 1. The number of aryl methyl sites for hydroxylation is 1. The Morgan fingerprint density at radius 2 is 1.97 bits per heavy atom. The van der Waals surface area contributed by atoms with E-state index in [0.717, 1.165) is 28.3 Å². The second-order valence-corrected chi connectivity index (χ2v) is 7.69. The molecule has 0 radical (unpaired) electrons. The second kappa shape index (κ2) is 9.61. The Kier molecular flexibility index (Phi) is 6.47. The first kappa shape index (κ1) is 20.9. The average molecular weight is 437 g/mol. The van der Waals surface area contributed by atoms with E-state index in [2.05, 4.69) is 26.8 Å². The number of ether oxygens (including phenoxy) is 1. The standard InChI is InChI=1S/C23H21FN4O2S/c1-2-28-20-6-4-3-5-19(20)27-23(28)31-15-21(29)26-14-16-11-12-25-22(13-16)30-18-9-7-17(24)8-10-18/h3-13H,2,14-15H2,1H3,(H,26,29). The zero-order valence-electron chi connectivity index (χ0n) is 16.9. The second-order valence-electron chi connectivity index (χ2n) is 6.75. The number of nitrogens with zero attached hydrogens (tertiary/aromatic N) is 3. The maximum atomic E-state index is 13.0. The molecule has 4 aromatic rings. The number of benzene rings is 2. The molecule has 1 N–H and O–H groups in total. The molecule has 1 amide bonds. The molecule has 0 spiro atoms. The van der Waals surface area contributed by atoms with Crippen molar-refractivity contribution in [1.82, 2.24) is 19.9 Å². The zero-order valence-corrected chi connectivity index (χ0v) is 17.7. The van der Waals surface area contributed by atoms with E-state index in [9.17, 15) is 9.18 Å². The minimum absolute atomic E-state index is 0.0856. The number of aromatic nitrogens is 3. The summed E-state index contributed by atoms with van der Waals surface area (Å²) in [5.41, 5.74) is 2.85. The molecule has 4 rings (SSSR count). The number of halogens is 1. The van der Waals surface area contributed by atoms with Crippen LogP contribution in [0.1, 0.15) is 12.5 Å². The fourth-order valence-corrected chi connectivity index (χ4v) is 4.00. The Morgan fingerprint density at radius 3 is 2.77 bits per heavy atom. The predicted molar refractivity (Wildman–Crippen MR) is 119 cm³/mol. The number of hydrogen-bond acceptors (Lipinski definition) is 5. The summed E-state index contributed by atoms with van der Waals surface area (Å²) >= 11 is 1.42. The van der Waals surface area contributed by atoms with Gasteiger partial charge in [-0.15, -0.1) is 0 Å². The molecule has 0 aliphatic carbocycles. The van der Waals surface area contributed by atoms with Crippen molar-refractivity contribution < 1.29 is 13.9 Å². The summed E-state index contributed by atoms with van der Waals surface area (Å²) in [4.78, 5) is 21.1. The van der Waals surface area contributed by atoms with Crippen molar-refractivity contribution >= 4 is 28.7 Å². The van der Waals surface area contributed by atoms with Crippen LogP contribution in [0, 0.1) is 5.82 Å². The number of pyridine rings is 1. The summed E-state index contributed by atoms with van der Waals surface area (Å²) < 4.78 is 20.8. The summed E-state index contributed by atoms with van der Waals surface area (Å²) in [5.74, 6) is 0.726. The van der Waals surface area contributed by atoms with Crippen LogP contribution in [0.25, 0.3) is 11.0 Å². The van der Waals surface area contributed by atoms with Crippen molar-refractivity contribution in [2.45, 2.75) is 25.2 Å². The minimum Gasteiger partial charge on any atom is -0.439 e. The SMILES string of the molecule is CCn1c(SCC(=O)NCc2ccnc(Oc3ccc(F)cc3)c2)nc2ccccc21. The maximum Gasteiger partial charge on any atom is 0.230 e. The Balaban J connectivity index is 1.32. The number of hydrogen-bond donors (Lipinski definition) is 1. The van der Waals surface area contributed by atoms with E-state index < -0.39 is 0 Å². The zero-order chi connectivity index (χ0) is 21.6. The molecule has 6 nitrogen and oxygen atoms in total. The number of nitrogens with one attached hydrogen (secondary N) is 1. The third kappa shape index (κ3) is 5.21. The number of carbonyl (C=O) groups is 1. The van der Waals surface area contributed by atoms with Crippen LogP contribution in [0.2, 0.25) is 0 Å². The average Bonchev–Trinajstić information content (AvgIpc) is 3.15. The van der Waals surface area contributed by atoms with Gasteiger partial charge in [0.1, 0.15) is 11.6 Å². The minimum atomic E-state index is -0.329. The molecule has 31 heavy (non-hydrogen) atoms. The lowest BCUT2D eigenvalue weighted by Gasteiger charge is -2.08. The van der Waals surface area contributed by atoms with Crippen LogP contribution < -0.4 is 10.1 Å². The Hall–Kier alpha value is -3.39. The van der Waals surface area contributed by atoms with Crippen molar-refractivity contribution in [3.05, 3.63) is 78.2 Å². The Labute approximate surface area is 183 Å². The van der Waals surface area contributed by atoms with Crippen molar-refractivity contribution in [3.63, 3.8) is 0 Å². The monoisotopic (exact) mass is 436 g/mol. The van der Waals surface area contributed by atoms with Gasteiger partial charge >= 0.3 is 0 Å². The molecule has 2 aromatic heterocycles. The van der Waals surface area contributed by atoms with Crippen LogP contribution >= 0.6 is 11.8 Å². The van der Waals surface area contributed by atoms with Crippen molar-refractivity contribution in [2.24, 2.45) is 0 Å². The molecule has 0 saturated carbocycles. The van der Waals surface area contributed by atoms with Gasteiger partial charge < -0.3 is 14.6 Å². The molecular formula is C23H21FN4O2S. The number of rotatable bonds is 8. The smallest absolute Gasteiger partial charge is 0.230 e. The van der Waals surface area contributed by atoms with Crippen molar-refractivity contribution in [2.75, 3.05) is 5.75 Å². The summed E-state index contributed by atoms with van der Waals surface area (Å²) in [6.07, 6.45) is 1.61.